The Morgan fingerprint density at radius 1 is 1.17 bits per heavy atom. The monoisotopic (exact) mass is 195 g/mol. The molecule has 0 saturated carbocycles. The van der Waals surface area contributed by atoms with Crippen molar-refractivity contribution in [2.24, 2.45) is 0 Å². The Morgan fingerprint density at radius 3 is 2.67 bits per heavy atom. The number of hydrogen-bond acceptors (Lipinski definition) is 3. The van der Waals surface area contributed by atoms with Crippen LogP contribution in [0.3, 0.4) is 0 Å². The van der Waals surface area contributed by atoms with Crippen LogP contribution in [0.2, 0.25) is 0 Å². The molecular weight excluding hydrogens is 178 g/mol. The first-order valence-electron chi connectivity index (χ1n) is 4.25. The number of hydrogen-bond donors (Lipinski definition) is 1. The van der Waals surface area contributed by atoms with E-state index in [-0.39, 0.29) is 0 Å². The zero-order valence-electron chi connectivity index (χ0n) is 7.64. The van der Waals surface area contributed by atoms with Crippen molar-refractivity contribution in [3.8, 4) is 0 Å². The second-order valence-electron chi connectivity index (χ2n) is 2.40. The van der Waals surface area contributed by atoms with E-state index in [1.807, 2.05) is 0 Å². The molecule has 74 valence electrons. The summed E-state index contributed by atoms with van der Waals surface area (Å²) in [6.07, 6.45) is 1.01. The Bertz CT molecular complexity index is 73.5. The van der Waals surface area contributed by atoms with Crippen LogP contribution >= 0.6 is 11.6 Å². The topological polar surface area (TPSA) is 30.5 Å². The molecule has 0 aromatic carbocycles. The smallest absolute Gasteiger partial charge is 0.0700 e. The lowest BCUT2D eigenvalue weighted by atomic mass is 10.5. The summed E-state index contributed by atoms with van der Waals surface area (Å²) in [6, 6.07) is 0. The Kier molecular flexibility index (Phi) is 11.3. The van der Waals surface area contributed by atoms with Crippen molar-refractivity contribution in [3.05, 3.63) is 0 Å². The normalized spacial score (nSPS) is 10.5. The maximum absolute atomic E-state index is 5.50. The molecule has 0 atom stereocenters. The van der Waals surface area contributed by atoms with Crippen molar-refractivity contribution in [2.75, 3.05) is 45.9 Å². The van der Waals surface area contributed by atoms with Gasteiger partial charge in [0.05, 0.1) is 19.8 Å². The number of nitrogens with one attached hydrogen (secondary N) is 1. The molecule has 4 heteroatoms. The fourth-order valence-electron chi connectivity index (χ4n) is 0.705. The van der Waals surface area contributed by atoms with Gasteiger partial charge in [0.2, 0.25) is 0 Å². The Morgan fingerprint density at radius 2 is 2.00 bits per heavy atom. The highest BCUT2D eigenvalue weighted by Crippen LogP contribution is 1.80. The molecule has 0 heterocycles. The van der Waals surface area contributed by atoms with Crippen LogP contribution in [0, 0.1) is 0 Å². The molecule has 0 unspecified atom stereocenters. The van der Waals surface area contributed by atoms with Crippen LogP contribution < -0.4 is 5.32 Å². The highest BCUT2D eigenvalue weighted by atomic mass is 35.5. The van der Waals surface area contributed by atoms with E-state index < -0.39 is 0 Å². The predicted octanol–water partition coefficient (Wildman–Crippen LogP) is 0.868. The molecule has 0 spiro atoms. The fraction of sp³-hybridized carbons (Fsp3) is 1.00. The highest BCUT2D eigenvalue weighted by molar-refractivity contribution is 6.17. The van der Waals surface area contributed by atoms with Crippen LogP contribution in [0.25, 0.3) is 0 Å². The summed E-state index contributed by atoms with van der Waals surface area (Å²) >= 11 is 5.50. The highest BCUT2D eigenvalue weighted by Gasteiger charge is 1.88. The lowest BCUT2D eigenvalue weighted by molar-refractivity contribution is 0.0720. The molecule has 3 nitrogen and oxygen atoms in total. The SMILES string of the molecule is COCCOCCNCCCCl. The van der Waals surface area contributed by atoms with E-state index in [9.17, 15) is 0 Å². The zero-order chi connectivity index (χ0) is 9.07. The first kappa shape index (κ1) is 12.2. The third kappa shape index (κ3) is 10.2. The zero-order valence-corrected chi connectivity index (χ0v) is 8.40. The van der Waals surface area contributed by atoms with Crippen molar-refractivity contribution >= 4 is 11.6 Å². The van der Waals surface area contributed by atoms with Crippen LogP contribution in [-0.4, -0.2) is 45.9 Å². The quantitative estimate of drug-likeness (QED) is 0.438. The van der Waals surface area contributed by atoms with Crippen molar-refractivity contribution < 1.29 is 9.47 Å². The fourth-order valence-corrected chi connectivity index (χ4v) is 0.839. The predicted molar refractivity (Wildman–Crippen MR) is 50.9 cm³/mol. The molecule has 0 aromatic rings. The molecule has 0 bridgehead atoms. The molecule has 1 N–H and O–H groups in total. The van der Waals surface area contributed by atoms with Gasteiger partial charge < -0.3 is 14.8 Å². The molecule has 0 aliphatic carbocycles. The lowest BCUT2D eigenvalue weighted by Gasteiger charge is -2.04. The Balaban J connectivity index is 2.73. The van der Waals surface area contributed by atoms with E-state index in [4.69, 9.17) is 21.1 Å². The Labute approximate surface area is 79.4 Å². The summed E-state index contributed by atoms with van der Waals surface area (Å²) in [4.78, 5) is 0. The number of rotatable bonds is 9. The molecule has 0 amide bonds. The van der Waals surface area contributed by atoms with E-state index in [1.165, 1.54) is 0 Å². The molecule has 12 heavy (non-hydrogen) atoms. The summed E-state index contributed by atoms with van der Waals surface area (Å²) in [5.74, 6) is 0.720. The molecule has 0 rings (SSSR count). The Hall–Kier alpha value is 0.170. The van der Waals surface area contributed by atoms with E-state index in [2.05, 4.69) is 5.32 Å². The second-order valence-corrected chi connectivity index (χ2v) is 2.78. The van der Waals surface area contributed by atoms with Gasteiger partial charge in [0.1, 0.15) is 0 Å². The average Bonchev–Trinajstić information content (AvgIpc) is 2.10. The number of halogens is 1. The third-order valence-corrected chi connectivity index (χ3v) is 1.61. The van der Waals surface area contributed by atoms with Crippen molar-refractivity contribution in [1.29, 1.82) is 0 Å². The third-order valence-electron chi connectivity index (χ3n) is 1.34. The standard InChI is InChI=1S/C8H18ClNO2/c1-11-7-8-12-6-5-10-4-2-3-9/h10H,2-8H2,1H3. The van der Waals surface area contributed by atoms with E-state index in [0.29, 0.717) is 13.2 Å². The molecule has 0 saturated heterocycles. The summed E-state index contributed by atoms with van der Waals surface area (Å²) in [6.45, 7) is 3.94. The minimum absolute atomic E-state index is 0.668. The molecular formula is C8H18ClNO2. The van der Waals surface area contributed by atoms with Gasteiger partial charge >= 0.3 is 0 Å². The number of ether oxygens (including phenoxy) is 2. The van der Waals surface area contributed by atoms with Gasteiger partial charge in [-0.25, -0.2) is 0 Å². The molecule has 0 fully saturated rings. The largest absolute Gasteiger partial charge is 0.382 e. The first-order chi connectivity index (χ1) is 5.91. The second kappa shape index (κ2) is 11.2. The maximum Gasteiger partial charge on any atom is 0.0700 e. The van der Waals surface area contributed by atoms with Crippen LogP contribution in [0.5, 0.6) is 0 Å². The summed E-state index contributed by atoms with van der Waals surface area (Å²) in [7, 11) is 1.67. The van der Waals surface area contributed by atoms with Crippen LogP contribution in [0.15, 0.2) is 0 Å². The maximum atomic E-state index is 5.50. The molecule has 0 radical (unpaired) electrons. The van der Waals surface area contributed by atoms with Crippen molar-refractivity contribution in [1.82, 2.24) is 5.32 Å². The molecule has 0 aliphatic heterocycles. The van der Waals surface area contributed by atoms with Gasteiger partial charge in [-0.2, -0.15) is 0 Å². The van der Waals surface area contributed by atoms with Gasteiger partial charge in [0.15, 0.2) is 0 Å². The molecule has 0 aromatic heterocycles. The van der Waals surface area contributed by atoms with Crippen LogP contribution in [0.4, 0.5) is 0 Å². The summed E-state index contributed by atoms with van der Waals surface area (Å²) < 4.78 is 10.1. The number of alkyl halides is 1. The minimum atomic E-state index is 0.668. The van der Waals surface area contributed by atoms with E-state index >= 15 is 0 Å². The van der Waals surface area contributed by atoms with Crippen LogP contribution in [0.1, 0.15) is 6.42 Å². The minimum Gasteiger partial charge on any atom is -0.382 e. The summed E-state index contributed by atoms with van der Waals surface area (Å²) in [5.41, 5.74) is 0. The summed E-state index contributed by atoms with van der Waals surface area (Å²) in [5, 5.41) is 3.21. The van der Waals surface area contributed by atoms with Gasteiger partial charge in [0, 0.05) is 19.5 Å². The first-order valence-corrected chi connectivity index (χ1v) is 4.78. The van der Waals surface area contributed by atoms with Gasteiger partial charge in [-0.05, 0) is 13.0 Å². The van der Waals surface area contributed by atoms with E-state index in [1.54, 1.807) is 7.11 Å². The van der Waals surface area contributed by atoms with E-state index in [0.717, 1.165) is 32.0 Å². The van der Waals surface area contributed by atoms with Gasteiger partial charge in [-0.1, -0.05) is 0 Å². The van der Waals surface area contributed by atoms with Crippen LogP contribution in [-0.2, 0) is 9.47 Å². The lowest BCUT2D eigenvalue weighted by Crippen LogP contribution is -2.21. The number of methoxy groups -OCH3 is 1. The van der Waals surface area contributed by atoms with Gasteiger partial charge in [-0.15, -0.1) is 11.6 Å². The molecule has 0 aliphatic rings. The van der Waals surface area contributed by atoms with Crippen molar-refractivity contribution in [3.63, 3.8) is 0 Å². The van der Waals surface area contributed by atoms with Crippen molar-refractivity contribution in [2.45, 2.75) is 6.42 Å². The van der Waals surface area contributed by atoms with Gasteiger partial charge in [-0.3, -0.25) is 0 Å². The average molecular weight is 196 g/mol. The van der Waals surface area contributed by atoms with Gasteiger partial charge in [0.25, 0.3) is 0 Å².